The molecule has 5 heteroatoms. The number of ether oxygens (including phenoxy) is 1. The Hall–Kier alpha value is -2.40. The number of nitrogens with zero attached hydrogens (tertiary/aromatic N) is 1. The van der Waals surface area contributed by atoms with Crippen LogP contribution in [0.1, 0.15) is 11.1 Å². The van der Waals surface area contributed by atoms with Gasteiger partial charge >= 0.3 is 0 Å². The summed E-state index contributed by atoms with van der Waals surface area (Å²) >= 11 is 1.48. The quantitative estimate of drug-likeness (QED) is 0.704. The van der Waals surface area contributed by atoms with Crippen LogP contribution < -0.4 is 10.1 Å². The Bertz CT molecular complexity index is 845. The lowest BCUT2D eigenvalue weighted by molar-refractivity contribution is 0.415. The van der Waals surface area contributed by atoms with E-state index in [1.54, 1.807) is 13.2 Å². The van der Waals surface area contributed by atoms with Crippen LogP contribution in [0.25, 0.3) is 11.3 Å². The van der Waals surface area contributed by atoms with Crippen molar-refractivity contribution in [2.24, 2.45) is 0 Å². The van der Waals surface area contributed by atoms with Crippen molar-refractivity contribution >= 4 is 22.2 Å². The Morgan fingerprint density at radius 2 is 1.96 bits per heavy atom. The smallest absolute Gasteiger partial charge is 0.187 e. The zero-order valence-corrected chi connectivity index (χ0v) is 14.0. The van der Waals surface area contributed by atoms with Crippen molar-refractivity contribution in [2.45, 2.75) is 13.8 Å². The lowest BCUT2D eigenvalue weighted by Gasteiger charge is -2.08. The first-order valence-electron chi connectivity index (χ1n) is 7.20. The van der Waals surface area contributed by atoms with Crippen molar-refractivity contribution in [1.82, 2.24) is 4.98 Å². The second-order valence-corrected chi connectivity index (χ2v) is 6.18. The molecule has 0 amide bonds. The van der Waals surface area contributed by atoms with Gasteiger partial charge in [0.1, 0.15) is 11.6 Å². The fourth-order valence-electron chi connectivity index (χ4n) is 2.40. The Morgan fingerprint density at radius 3 is 2.70 bits per heavy atom. The molecule has 0 unspecified atom stereocenters. The van der Waals surface area contributed by atoms with Crippen LogP contribution >= 0.6 is 11.3 Å². The number of methoxy groups -OCH3 is 1. The summed E-state index contributed by atoms with van der Waals surface area (Å²) in [6.07, 6.45) is 0. The van der Waals surface area contributed by atoms with Crippen LogP contribution in [0.3, 0.4) is 0 Å². The zero-order valence-electron chi connectivity index (χ0n) is 13.2. The minimum Gasteiger partial charge on any atom is -0.496 e. The molecule has 0 atom stereocenters. The van der Waals surface area contributed by atoms with Crippen LogP contribution in [0.4, 0.5) is 15.2 Å². The van der Waals surface area contributed by atoms with E-state index in [0.717, 1.165) is 16.4 Å². The van der Waals surface area contributed by atoms with Gasteiger partial charge in [-0.25, -0.2) is 9.37 Å². The first-order chi connectivity index (χ1) is 11.1. The molecule has 2 aromatic carbocycles. The van der Waals surface area contributed by atoms with E-state index in [0.29, 0.717) is 17.0 Å². The molecule has 118 valence electrons. The van der Waals surface area contributed by atoms with Crippen LogP contribution in [0.2, 0.25) is 0 Å². The van der Waals surface area contributed by atoms with Gasteiger partial charge in [-0.15, -0.1) is 11.3 Å². The largest absolute Gasteiger partial charge is 0.496 e. The van der Waals surface area contributed by atoms with Gasteiger partial charge in [0.2, 0.25) is 0 Å². The molecule has 0 fully saturated rings. The number of rotatable bonds is 4. The normalized spacial score (nSPS) is 10.6. The molecule has 0 saturated heterocycles. The Labute approximate surface area is 138 Å². The molecular formula is C18H17FN2OS. The molecule has 0 spiro atoms. The average Bonchev–Trinajstić information content (AvgIpc) is 2.98. The number of thiazole rings is 1. The van der Waals surface area contributed by atoms with E-state index in [-0.39, 0.29) is 5.82 Å². The minimum atomic E-state index is -0.308. The van der Waals surface area contributed by atoms with Crippen LogP contribution in [0.15, 0.2) is 41.8 Å². The molecule has 1 heterocycles. The maximum Gasteiger partial charge on any atom is 0.187 e. The minimum absolute atomic E-state index is 0.308. The van der Waals surface area contributed by atoms with Gasteiger partial charge in [0.25, 0.3) is 0 Å². The molecule has 0 aliphatic rings. The highest BCUT2D eigenvalue weighted by atomic mass is 32.1. The zero-order chi connectivity index (χ0) is 16.4. The third kappa shape index (κ3) is 3.35. The van der Waals surface area contributed by atoms with E-state index >= 15 is 0 Å². The Balaban J connectivity index is 1.90. The van der Waals surface area contributed by atoms with Gasteiger partial charge in [-0.3, -0.25) is 0 Å². The first-order valence-corrected chi connectivity index (χ1v) is 8.08. The van der Waals surface area contributed by atoms with E-state index in [4.69, 9.17) is 4.74 Å². The van der Waals surface area contributed by atoms with Gasteiger partial charge in [-0.1, -0.05) is 17.7 Å². The topological polar surface area (TPSA) is 34.1 Å². The van der Waals surface area contributed by atoms with Gasteiger partial charge in [0.15, 0.2) is 5.13 Å². The highest BCUT2D eigenvalue weighted by Gasteiger charge is 2.12. The van der Waals surface area contributed by atoms with Gasteiger partial charge in [0, 0.05) is 16.6 Å². The average molecular weight is 328 g/mol. The fraction of sp³-hybridized carbons (Fsp3) is 0.167. The molecule has 3 nitrogen and oxygen atoms in total. The monoisotopic (exact) mass is 328 g/mol. The number of aryl methyl sites for hydroxylation is 2. The van der Waals surface area contributed by atoms with E-state index in [2.05, 4.69) is 36.3 Å². The molecule has 23 heavy (non-hydrogen) atoms. The molecule has 0 aliphatic heterocycles. The number of benzene rings is 2. The SMILES string of the molecule is COc1ccc(F)cc1-c1csc(Nc2ccc(C)cc2C)n1. The molecule has 0 radical (unpaired) electrons. The summed E-state index contributed by atoms with van der Waals surface area (Å²) in [5, 5.41) is 5.97. The summed E-state index contributed by atoms with van der Waals surface area (Å²) in [6, 6.07) is 10.6. The van der Waals surface area contributed by atoms with Crippen molar-refractivity contribution in [3.63, 3.8) is 0 Å². The van der Waals surface area contributed by atoms with Gasteiger partial charge < -0.3 is 10.1 Å². The predicted molar refractivity (Wildman–Crippen MR) is 93.3 cm³/mol. The third-order valence-electron chi connectivity index (χ3n) is 3.57. The number of halogens is 1. The van der Waals surface area contributed by atoms with Crippen molar-refractivity contribution in [1.29, 1.82) is 0 Å². The molecular weight excluding hydrogens is 311 g/mol. The lowest BCUT2D eigenvalue weighted by Crippen LogP contribution is -1.94. The van der Waals surface area contributed by atoms with E-state index in [1.807, 2.05) is 11.4 Å². The molecule has 1 aromatic heterocycles. The fourth-order valence-corrected chi connectivity index (χ4v) is 3.13. The van der Waals surface area contributed by atoms with Gasteiger partial charge in [0.05, 0.1) is 12.8 Å². The lowest BCUT2D eigenvalue weighted by atomic mass is 10.1. The highest BCUT2D eigenvalue weighted by molar-refractivity contribution is 7.14. The summed E-state index contributed by atoms with van der Waals surface area (Å²) in [5.41, 5.74) is 4.74. The Morgan fingerprint density at radius 1 is 1.13 bits per heavy atom. The standard InChI is InChI=1S/C18H17FN2OS/c1-11-4-6-15(12(2)8-11)20-18-21-16(10-23-18)14-9-13(19)5-7-17(14)22-3/h4-10H,1-3H3,(H,20,21). The highest BCUT2D eigenvalue weighted by Crippen LogP contribution is 2.34. The third-order valence-corrected chi connectivity index (χ3v) is 4.32. The molecule has 0 saturated carbocycles. The first kappa shape index (κ1) is 15.5. The predicted octanol–water partition coefficient (Wildman–Crippen LogP) is 5.32. The summed E-state index contributed by atoms with van der Waals surface area (Å²) in [5.74, 6) is 0.299. The van der Waals surface area contributed by atoms with Gasteiger partial charge in [-0.2, -0.15) is 0 Å². The van der Waals surface area contributed by atoms with E-state index in [9.17, 15) is 4.39 Å². The van der Waals surface area contributed by atoms with Crippen LogP contribution in [-0.4, -0.2) is 12.1 Å². The van der Waals surface area contributed by atoms with E-state index < -0.39 is 0 Å². The van der Waals surface area contributed by atoms with Crippen molar-refractivity contribution in [3.8, 4) is 17.0 Å². The summed E-state index contributed by atoms with van der Waals surface area (Å²) < 4.78 is 18.8. The summed E-state index contributed by atoms with van der Waals surface area (Å²) in [6.45, 7) is 4.12. The molecule has 0 bridgehead atoms. The van der Waals surface area contributed by atoms with Crippen molar-refractivity contribution in [3.05, 3.63) is 58.7 Å². The number of anilines is 2. The van der Waals surface area contributed by atoms with Crippen LogP contribution in [-0.2, 0) is 0 Å². The Kier molecular flexibility index (Phi) is 4.30. The van der Waals surface area contributed by atoms with Gasteiger partial charge in [-0.05, 0) is 43.7 Å². The van der Waals surface area contributed by atoms with Crippen molar-refractivity contribution in [2.75, 3.05) is 12.4 Å². The number of hydrogen-bond acceptors (Lipinski definition) is 4. The maximum absolute atomic E-state index is 13.5. The molecule has 1 N–H and O–H groups in total. The second kappa shape index (κ2) is 6.38. The number of nitrogens with one attached hydrogen (secondary N) is 1. The summed E-state index contributed by atoms with van der Waals surface area (Å²) in [4.78, 5) is 4.55. The van der Waals surface area contributed by atoms with Crippen LogP contribution in [0, 0.1) is 19.7 Å². The van der Waals surface area contributed by atoms with Crippen molar-refractivity contribution < 1.29 is 9.13 Å². The van der Waals surface area contributed by atoms with E-state index in [1.165, 1.54) is 29.0 Å². The molecule has 0 aliphatic carbocycles. The van der Waals surface area contributed by atoms with Crippen LogP contribution in [0.5, 0.6) is 5.75 Å². The summed E-state index contributed by atoms with van der Waals surface area (Å²) in [7, 11) is 1.57. The molecule has 3 aromatic rings. The number of hydrogen-bond donors (Lipinski definition) is 1. The number of aromatic nitrogens is 1. The second-order valence-electron chi connectivity index (χ2n) is 5.33. The molecule has 3 rings (SSSR count). The maximum atomic E-state index is 13.5.